The number of hydrogen-bond donors (Lipinski definition) is 0. The summed E-state index contributed by atoms with van der Waals surface area (Å²) in [6.07, 6.45) is 9.33. The zero-order valence-electron chi connectivity index (χ0n) is 17.6. The predicted molar refractivity (Wildman–Crippen MR) is 111 cm³/mol. The number of ether oxygens (including phenoxy) is 1. The van der Waals surface area contributed by atoms with Gasteiger partial charge in [0.1, 0.15) is 5.75 Å². The first kappa shape index (κ1) is 21.4. The van der Waals surface area contributed by atoms with Gasteiger partial charge in [0.2, 0.25) is 0 Å². The van der Waals surface area contributed by atoms with Crippen molar-refractivity contribution >= 4 is 17.6 Å². The van der Waals surface area contributed by atoms with Crippen molar-refractivity contribution in [2.45, 2.75) is 73.1 Å². The minimum Gasteiger partial charge on any atom is -0.494 e. The third-order valence-corrected chi connectivity index (χ3v) is 5.58. The second kappa shape index (κ2) is 8.86. The van der Waals surface area contributed by atoms with Gasteiger partial charge in [-0.3, -0.25) is 9.59 Å². The molecule has 1 fully saturated rings. The van der Waals surface area contributed by atoms with E-state index in [1.807, 2.05) is 44.2 Å². The average molecular weight is 371 g/mol. The number of ketones is 2. The Morgan fingerprint density at radius 1 is 0.852 bits per heavy atom. The van der Waals surface area contributed by atoms with E-state index < -0.39 is 10.8 Å². The largest absolute Gasteiger partial charge is 0.494 e. The first-order valence-electron chi connectivity index (χ1n) is 10.3. The van der Waals surface area contributed by atoms with Gasteiger partial charge in [-0.1, -0.05) is 51.2 Å². The lowest BCUT2D eigenvalue weighted by molar-refractivity contribution is -0.135. The van der Waals surface area contributed by atoms with Crippen molar-refractivity contribution in [2.24, 2.45) is 10.8 Å². The Morgan fingerprint density at radius 2 is 1.44 bits per heavy atom. The summed E-state index contributed by atoms with van der Waals surface area (Å²) in [5, 5.41) is 0. The van der Waals surface area contributed by atoms with Crippen LogP contribution in [0.3, 0.4) is 0 Å². The standard InChI is InChI=1S/C24H34O3/c1-6-7-8-9-10-11-16-27-19-14-12-18(13-15-19)17-20-21(25)24(4,5)22(26)23(20,2)3/h12-15,17H,6-11,16H2,1-5H3. The van der Waals surface area contributed by atoms with E-state index in [2.05, 4.69) is 6.92 Å². The van der Waals surface area contributed by atoms with Crippen LogP contribution in [0.1, 0.15) is 78.7 Å². The normalized spacial score (nSPS) is 19.7. The first-order valence-corrected chi connectivity index (χ1v) is 10.3. The number of benzene rings is 1. The molecule has 3 heteroatoms. The van der Waals surface area contributed by atoms with E-state index in [-0.39, 0.29) is 11.6 Å². The van der Waals surface area contributed by atoms with E-state index in [9.17, 15) is 9.59 Å². The third-order valence-electron chi connectivity index (χ3n) is 5.58. The van der Waals surface area contributed by atoms with Crippen LogP contribution in [0.5, 0.6) is 5.75 Å². The number of carbonyl (C=O) groups is 2. The molecule has 148 valence electrons. The van der Waals surface area contributed by atoms with Crippen molar-refractivity contribution in [3.05, 3.63) is 35.4 Å². The lowest BCUT2D eigenvalue weighted by Crippen LogP contribution is -2.29. The van der Waals surface area contributed by atoms with Crippen LogP contribution < -0.4 is 4.74 Å². The number of unbranched alkanes of at least 4 members (excludes halogenated alkanes) is 5. The minimum absolute atomic E-state index is 0.00913. The Bertz CT molecular complexity index is 693. The summed E-state index contributed by atoms with van der Waals surface area (Å²) in [6.45, 7) is 10.1. The van der Waals surface area contributed by atoms with Gasteiger partial charge in [0, 0.05) is 5.57 Å². The fourth-order valence-electron chi connectivity index (χ4n) is 3.77. The van der Waals surface area contributed by atoms with E-state index in [1.54, 1.807) is 13.8 Å². The van der Waals surface area contributed by atoms with Crippen molar-refractivity contribution in [1.29, 1.82) is 0 Å². The molecule has 0 unspecified atom stereocenters. The maximum atomic E-state index is 12.7. The molecular weight excluding hydrogens is 336 g/mol. The fraction of sp³-hybridized carbons (Fsp3) is 0.583. The van der Waals surface area contributed by atoms with Crippen LogP contribution in [0.2, 0.25) is 0 Å². The van der Waals surface area contributed by atoms with Crippen LogP contribution in [-0.4, -0.2) is 18.2 Å². The second-order valence-corrected chi connectivity index (χ2v) is 8.65. The van der Waals surface area contributed by atoms with Crippen molar-refractivity contribution in [1.82, 2.24) is 0 Å². The Kier molecular flexibility index (Phi) is 7.02. The van der Waals surface area contributed by atoms with Gasteiger partial charge in [0.15, 0.2) is 11.6 Å². The van der Waals surface area contributed by atoms with Crippen molar-refractivity contribution in [3.63, 3.8) is 0 Å². The quantitative estimate of drug-likeness (QED) is 0.303. The van der Waals surface area contributed by atoms with Gasteiger partial charge in [0.25, 0.3) is 0 Å². The van der Waals surface area contributed by atoms with Crippen molar-refractivity contribution in [3.8, 4) is 5.75 Å². The van der Waals surface area contributed by atoms with E-state index >= 15 is 0 Å². The fourth-order valence-corrected chi connectivity index (χ4v) is 3.77. The molecule has 3 nitrogen and oxygen atoms in total. The molecule has 27 heavy (non-hydrogen) atoms. The van der Waals surface area contributed by atoms with Gasteiger partial charge < -0.3 is 4.74 Å². The molecule has 0 radical (unpaired) electrons. The molecule has 0 spiro atoms. The van der Waals surface area contributed by atoms with Crippen molar-refractivity contribution < 1.29 is 14.3 Å². The van der Waals surface area contributed by atoms with Gasteiger partial charge in [-0.15, -0.1) is 0 Å². The number of Topliss-reactive ketones (excluding diaryl/α,β-unsaturated/α-hetero) is 2. The molecule has 0 N–H and O–H groups in total. The van der Waals surface area contributed by atoms with Crippen molar-refractivity contribution in [2.75, 3.05) is 6.61 Å². The molecule has 2 rings (SSSR count). The summed E-state index contributed by atoms with van der Waals surface area (Å²) in [6, 6.07) is 7.76. The maximum absolute atomic E-state index is 12.7. The van der Waals surface area contributed by atoms with Crippen LogP contribution in [0.4, 0.5) is 0 Å². The van der Waals surface area contributed by atoms with Crippen LogP contribution >= 0.6 is 0 Å². The van der Waals surface area contributed by atoms with Crippen LogP contribution in [0.15, 0.2) is 29.8 Å². The zero-order valence-corrected chi connectivity index (χ0v) is 17.6. The summed E-state index contributed by atoms with van der Waals surface area (Å²) < 4.78 is 5.81. The molecule has 1 aromatic rings. The predicted octanol–water partition coefficient (Wildman–Crippen LogP) is 6.01. The van der Waals surface area contributed by atoms with E-state index in [0.717, 1.165) is 24.3 Å². The van der Waals surface area contributed by atoms with E-state index in [1.165, 1.54) is 32.1 Å². The Balaban J connectivity index is 1.95. The summed E-state index contributed by atoms with van der Waals surface area (Å²) in [7, 11) is 0. The van der Waals surface area contributed by atoms with Crippen LogP contribution in [-0.2, 0) is 9.59 Å². The molecule has 0 saturated heterocycles. The van der Waals surface area contributed by atoms with Gasteiger partial charge in [-0.05, 0) is 57.9 Å². The highest BCUT2D eigenvalue weighted by Gasteiger charge is 2.55. The molecule has 0 atom stereocenters. The molecule has 0 amide bonds. The Labute approximate surface area is 164 Å². The highest BCUT2D eigenvalue weighted by Crippen LogP contribution is 2.47. The minimum atomic E-state index is -0.935. The topological polar surface area (TPSA) is 43.4 Å². The summed E-state index contributed by atoms with van der Waals surface area (Å²) in [5.74, 6) is 0.769. The number of allylic oxidation sites excluding steroid dienone is 1. The Morgan fingerprint density at radius 3 is 2.00 bits per heavy atom. The molecule has 1 saturated carbocycles. The van der Waals surface area contributed by atoms with E-state index in [4.69, 9.17) is 4.74 Å². The molecule has 0 bridgehead atoms. The lowest BCUT2D eigenvalue weighted by atomic mass is 9.81. The summed E-state index contributed by atoms with van der Waals surface area (Å²) >= 11 is 0. The smallest absolute Gasteiger partial charge is 0.172 e. The van der Waals surface area contributed by atoms with E-state index in [0.29, 0.717) is 5.57 Å². The zero-order chi connectivity index (χ0) is 20.1. The van der Waals surface area contributed by atoms with Gasteiger partial charge in [-0.25, -0.2) is 0 Å². The SMILES string of the molecule is CCCCCCCCOc1ccc(C=C2C(=O)C(C)(C)C(=O)C2(C)C)cc1. The van der Waals surface area contributed by atoms with Gasteiger partial charge in [-0.2, -0.15) is 0 Å². The summed E-state index contributed by atoms with van der Waals surface area (Å²) in [4.78, 5) is 25.2. The maximum Gasteiger partial charge on any atom is 0.172 e. The number of hydrogen-bond acceptors (Lipinski definition) is 3. The molecule has 1 aliphatic carbocycles. The van der Waals surface area contributed by atoms with Gasteiger partial charge in [0.05, 0.1) is 17.4 Å². The molecule has 1 aliphatic rings. The second-order valence-electron chi connectivity index (χ2n) is 8.65. The first-order chi connectivity index (χ1) is 12.7. The number of carbonyl (C=O) groups excluding carboxylic acids is 2. The molecular formula is C24H34O3. The highest BCUT2D eigenvalue weighted by molar-refractivity contribution is 6.26. The molecule has 1 aromatic carbocycles. The monoisotopic (exact) mass is 370 g/mol. The molecule has 0 aromatic heterocycles. The molecule has 0 aliphatic heterocycles. The molecule has 0 heterocycles. The third kappa shape index (κ3) is 4.88. The Hall–Kier alpha value is -1.90. The summed E-state index contributed by atoms with van der Waals surface area (Å²) in [5.41, 5.74) is -0.162. The number of rotatable bonds is 9. The van der Waals surface area contributed by atoms with Crippen LogP contribution in [0.25, 0.3) is 6.08 Å². The van der Waals surface area contributed by atoms with Gasteiger partial charge >= 0.3 is 0 Å². The lowest BCUT2D eigenvalue weighted by Gasteiger charge is -2.18. The van der Waals surface area contributed by atoms with Crippen LogP contribution in [0, 0.1) is 10.8 Å². The average Bonchev–Trinajstić information content (AvgIpc) is 2.75. The highest BCUT2D eigenvalue weighted by atomic mass is 16.5.